The van der Waals surface area contributed by atoms with Crippen molar-refractivity contribution in [2.24, 2.45) is 0 Å². The van der Waals surface area contributed by atoms with Crippen molar-refractivity contribution in [3.63, 3.8) is 0 Å². The summed E-state index contributed by atoms with van der Waals surface area (Å²) in [4.78, 5) is 4.55. The van der Waals surface area contributed by atoms with Gasteiger partial charge in [-0.15, -0.1) is 0 Å². The Hall–Kier alpha value is -1.13. The third kappa shape index (κ3) is 2.18. The SMILES string of the molecule is CN1CCN(c2cc(N)c(Cl)cc2N)CC1. The van der Waals surface area contributed by atoms with Gasteiger partial charge in [-0.25, -0.2) is 0 Å². The first-order valence-corrected chi connectivity index (χ1v) is 5.73. The van der Waals surface area contributed by atoms with Crippen LogP contribution >= 0.6 is 11.6 Å². The van der Waals surface area contributed by atoms with Crippen molar-refractivity contribution in [3.8, 4) is 0 Å². The summed E-state index contributed by atoms with van der Waals surface area (Å²) in [5, 5.41) is 0.523. The zero-order valence-corrected chi connectivity index (χ0v) is 10.2. The number of benzene rings is 1. The molecule has 1 fully saturated rings. The number of nitrogen functional groups attached to an aromatic ring is 2. The predicted octanol–water partition coefficient (Wildman–Crippen LogP) is 1.26. The van der Waals surface area contributed by atoms with E-state index in [0.29, 0.717) is 16.4 Å². The fraction of sp³-hybridized carbons (Fsp3) is 0.455. The largest absolute Gasteiger partial charge is 0.397 e. The van der Waals surface area contributed by atoms with Crippen molar-refractivity contribution >= 4 is 28.7 Å². The molecule has 16 heavy (non-hydrogen) atoms. The molecular weight excluding hydrogens is 224 g/mol. The van der Waals surface area contributed by atoms with Gasteiger partial charge in [0.1, 0.15) is 0 Å². The lowest BCUT2D eigenvalue weighted by Gasteiger charge is -2.34. The summed E-state index contributed by atoms with van der Waals surface area (Å²) < 4.78 is 0. The van der Waals surface area contributed by atoms with E-state index in [4.69, 9.17) is 23.1 Å². The molecule has 4 N–H and O–H groups in total. The van der Waals surface area contributed by atoms with Crippen molar-refractivity contribution < 1.29 is 0 Å². The standard InChI is InChI=1S/C11H17ClN4/c1-15-2-4-16(5-3-15)11-7-9(13)8(12)6-10(11)14/h6-7H,2-5,13-14H2,1H3. The number of hydrogen-bond donors (Lipinski definition) is 2. The van der Waals surface area contributed by atoms with Crippen LogP contribution in [0.3, 0.4) is 0 Å². The molecule has 0 bridgehead atoms. The van der Waals surface area contributed by atoms with Crippen molar-refractivity contribution in [1.82, 2.24) is 4.90 Å². The van der Waals surface area contributed by atoms with Crippen molar-refractivity contribution in [1.29, 1.82) is 0 Å². The van der Waals surface area contributed by atoms with E-state index in [1.54, 1.807) is 6.07 Å². The molecule has 0 aromatic heterocycles. The van der Waals surface area contributed by atoms with E-state index in [0.717, 1.165) is 31.9 Å². The minimum absolute atomic E-state index is 0.523. The molecule has 0 saturated carbocycles. The molecule has 0 aliphatic carbocycles. The average Bonchev–Trinajstić information content (AvgIpc) is 2.25. The summed E-state index contributed by atoms with van der Waals surface area (Å²) in [7, 11) is 2.12. The van der Waals surface area contributed by atoms with Crippen LogP contribution in [0.1, 0.15) is 0 Å². The molecule has 1 saturated heterocycles. The molecule has 5 heteroatoms. The molecule has 0 unspecified atom stereocenters. The van der Waals surface area contributed by atoms with E-state index in [1.165, 1.54) is 0 Å². The highest BCUT2D eigenvalue weighted by molar-refractivity contribution is 6.33. The van der Waals surface area contributed by atoms with Gasteiger partial charge < -0.3 is 21.3 Å². The van der Waals surface area contributed by atoms with Crippen LogP contribution in [0.2, 0.25) is 5.02 Å². The molecule has 1 aliphatic rings. The normalized spacial score (nSPS) is 17.8. The molecule has 88 valence electrons. The maximum absolute atomic E-state index is 5.96. The fourth-order valence-corrected chi connectivity index (χ4v) is 2.09. The molecule has 0 spiro atoms. The molecule has 0 radical (unpaired) electrons. The van der Waals surface area contributed by atoms with Gasteiger partial charge in [0.2, 0.25) is 0 Å². The second-order valence-electron chi connectivity index (χ2n) is 4.22. The maximum Gasteiger partial charge on any atom is 0.0657 e. The Bertz CT molecular complexity index is 386. The Labute approximate surface area is 101 Å². The second-order valence-corrected chi connectivity index (χ2v) is 4.63. The number of hydrogen-bond acceptors (Lipinski definition) is 4. The third-order valence-corrected chi connectivity index (χ3v) is 3.32. The monoisotopic (exact) mass is 240 g/mol. The van der Waals surface area contributed by atoms with E-state index < -0.39 is 0 Å². The lowest BCUT2D eigenvalue weighted by molar-refractivity contribution is 0.313. The van der Waals surface area contributed by atoms with Crippen LogP contribution in [0.25, 0.3) is 0 Å². The number of anilines is 3. The van der Waals surface area contributed by atoms with E-state index in [9.17, 15) is 0 Å². The Morgan fingerprint density at radius 3 is 2.31 bits per heavy atom. The van der Waals surface area contributed by atoms with Crippen molar-refractivity contribution in [2.45, 2.75) is 0 Å². The first-order valence-electron chi connectivity index (χ1n) is 5.36. The number of likely N-dealkylation sites (N-methyl/N-ethyl adjacent to an activating group) is 1. The zero-order valence-electron chi connectivity index (χ0n) is 9.41. The molecule has 4 nitrogen and oxygen atoms in total. The zero-order chi connectivity index (χ0) is 11.7. The number of rotatable bonds is 1. The van der Waals surface area contributed by atoms with Gasteiger partial charge in [0, 0.05) is 26.2 Å². The number of halogens is 1. The maximum atomic E-state index is 5.96. The molecule has 1 heterocycles. The molecule has 1 aromatic carbocycles. The highest BCUT2D eigenvalue weighted by Gasteiger charge is 2.17. The minimum atomic E-state index is 0.523. The summed E-state index contributed by atoms with van der Waals surface area (Å²) in [6.07, 6.45) is 0. The van der Waals surface area contributed by atoms with E-state index >= 15 is 0 Å². The lowest BCUT2D eigenvalue weighted by atomic mass is 10.2. The van der Waals surface area contributed by atoms with Crippen LogP contribution in [0.4, 0.5) is 17.1 Å². The van der Waals surface area contributed by atoms with Gasteiger partial charge in [-0.05, 0) is 19.2 Å². The Morgan fingerprint density at radius 1 is 1.06 bits per heavy atom. The van der Waals surface area contributed by atoms with Gasteiger partial charge in [0.05, 0.1) is 22.1 Å². The lowest BCUT2D eigenvalue weighted by Crippen LogP contribution is -2.44. The summed E-state index contributed by atoms with van der Waals surface area (Å²) >= 11 is 5.92. The number of piperazine rings is 1. The highest BCUT2D eigenvalue weighted by atomic mass is 35.5. The predicted molar refractivity (Wildman–Crippen MR) is 70.0 cm³/mol. The Balaban J connectivity index is 2.23. The molecule has 1 aromatic rings. The molecular formula is C11H17ClN4. The van der Waals surface area contributed by atoms with Crippen molar-refractivity contribution in [2.75, 3.05) is 49.6 Å². The van der Waals surface area contributed by atoms with Gasteiger partial charge >= 0.3 is 0 Å². The van der Waals surface area contributed by atoms with Crippen LogP contribution in [0, 0.1) is 0 Å². The summed E-state index contributed by atoms with van der Waals surface area (Å²) in [5.41, 5.74) is 14.0. The minimum Gasteiger partial charge on any atom is -0.397 e. The van der Waals surface area contributed by atoms with Gasteiger partial charge in [0.15, 0.2) is 0 Å². The fourth-order valence-electron chi connectivity index (χ4n) is 1.91. The smallest absolute Gasteiger partial charge is 0.0657 e. The molecule has 1 aliphatic heterocycles. The van der Waals surface area contributed by atoms with Gasteiger partial charge in [0.25, 0.3) is 0 Å². The summed E-state index contributed by atoms with van der Waals surface area (Å²) in [6, 6.07) is 3.59. The van der Waals surface area contributed by atoms with Crippen molar-refractivity contribution in [3.05, 3.63) is 17.2 Å². The van der Waals surface area contributed by atoms with E-state index in [2.05, 4.69) is 16.8 Å². The number of nitrogens with zero attached hydrogens (tertiary/aromatic N) is 2. The highest BCUT2D eigenvalue weighted by Crippen LogP contribution is 2.32. The molecule has 0 atom stereocenters. The first kappa shape index (κ1) is 11.4. The number of nitrogens with two attached hydrogens (primary N) is 2. The summed E-state index contributed by atoms with van der Waals surface area (Å²) in [5.74, 6) is 0. The van der Waals surface area contributed by atoms with Crippen LogP contribution in [0.15, 0.2) is 12.1 Å². The average molecular weight is 241 g/mol. The quantitative estimate of drug-likeness (QED) is 0.726. The topological polar surface area (TPSA) is 58.5 Å². The summed E-state index contributed by atoms with van der Waals surface area (Å²) in [6.45, 7) is 4.04. The second kappa shape index (κ2) is 4.39. The van der Waals surface area contributed by atoms with Gasteiger partial charge in [-0.1, -0.05) is 11.6 Å². The van der Waals surface area contributed by atoms with E-state index in [1.807, 2.05) is 6.07 Å². The van der Waals surface area contributed by atoms with E-state index in [-0.39, 0.29) is 0 Å². The van der Waals surface area contributed by atoms with Gasteiger partial charge in [-0.2, -0.15) is 0 Å². The Morgan fingerprint density at radius 2 is 1.69 bits per heavy atom. The van der Waals surface area contributed by atoms with Gasteiger partial charge in [-0.3, -0.25) is 0 Å². The van der Waals surface area contributed by atoms with Crippen LogP contribution < -0.4 is 16.4 Å². The third-order valence-electron chi connectivity index (χ3n) is 2.99. The molecule has 0 amide bonds. The van der Waals surface area contributed by atoms with Crippen LogP contribution in [0.5, 0.6) is 0 Å². The van der Waals surface area contributed by atoms with Crippen LogP contribution in [-0.2, 0) is 0 Å². The first-order chi connectivity index (χ1) is 7.58. The Kier molecular flexibility index (Phi) is 3.12. The molecule has 2 rings (SSSR count). The van der Waals surface area contributed by atoms with Crippen LogP contribution in [-0.4, -0.2) is 38.1 Å².